The summed E-state index contributed by atoms with van der Waals surface area (Å²) >= 11 is 3.13. The van der Waals surface area contributed by atoms with Crippen molar-refractivity contribution in [3.8, 4) is 11.3 Å². The Morgan fingerprint density at radius 2 is 1.89 bits per heavy atom. The summed E-state index contributed by atoms with van der Waals surface area (Å²) in [6.07, 6.45) is 1.81. The first-order valence-electron chi connectivity index (χ1n) is 9.28. The zero-order valence-corrected chi connectivity index (χ0v) is 17.4. The van der Waals surface area contributed by atoms with Crippen LogP contribution in [0.4, 0.5) is 5.82 Å². The second-order valence-corrected chi connectivity index (χ2v) is 8.79. The number of carbonyl (C=O) groups is 1. The highest BCUT2D eigenvalue weighted by Crippen LogP contribution is 2.28. The second-order valence-electron chi connectivity index (χ2n) is 6.71. The van der Waals surface area contributed by atoms with Crippen molar-refractivity contribution in [2.75, 3.05) is 36.8 Å². The molecule has 0 bridgehead atoms. The summed E-state index contributed by atoms with van der Waals surface area (Å²) in [6.45, 7) is 5.20. The number of hydrogen-bond acceptors (Lipinski definition) is 6. The molecule has 3 heterocycles. The SMILES string of the molecule is Cc1ccc(-c2csc(SCC(=O)N3CCN(c4ccccn4)CC3)n2)cc1. The number of carbonyl (C=O) groups excluding carboxylic acids is 1. The van der Waals surface area contributed by atoms with Crippen LogP contribution in [0.3, 0.4) is 0 Å². The van der Waals surface area contributed by atoms with Gasteiger partial charge in [0.25, 0.3) is 0 Å². The van der Waals surface area contributed by atoms with Crippen LogP contribution in [0.15, 0.2) is 58.4 Å². The van der Waals surface area contributed by atoms with Crippen LogP contribution in [-0.4, -0.2) is 52.7 Å². The zero-order valence-electron chi connectivity index (χ0n) is 15.7. The quantitative estimate of drug-likeness (QED) is 0.596. The lowest BCUT2D eigenvalue weighted by Gasteiger charge is -2.35. The molecule has 1 fully saturated rings. The third-order valence-corrected chi connectivity index (χ3v) is 6.76. The Labute approximate surface area is 173 Å². The molecule has 7 heteroatoms. The highest BCUT2D eigenvalue weighted by Gasteiger charge is 2.22. The van der Waals surface area contributed by atoms with Crippen LogP contribution in [0.2, 0.25) is 0 Å². The smallest absolute Gasteiger partial charge is 0.233 e. The van der Waals surface area contributed by atoms with Crippen molar-refractivity contribution in [2.45, 2.75) is 11.3 Å². The monoisotopic (exact) mass is 410 g/mol. The summed E-state index contributed by atoms with van der Waals surface area (Å²) in [5, 5.41) is 2.06. The lowest BCUT2D eigenvalue weighted by Crippen LogP contribution is -2.49. The van der Waals surface area contributed by atoms with E-state index >= 15 is 0 Å². The average Bonchev–Trinajstić information content (AvgIpc) is 3.22. The Kier molecular flexibility index (Phi) is 5.92. The topological polar surface area (TPSA) is 49.3 Å². The predicted octanol–water partition coefficient (Wildman–Crippen LogP) is 3.95. The number of thioether (sulfide) groups is 1. The lowest BCUT2D eigenvalue weighted by atomic mass is 10.1. The molecule has 1 saturated heterocycles. The first-order valence-corrected chi connectivity index (χ1v) is 11.1. The number of amides is 1. The molecule has 1 aliphatic heterocycles. The maximum absolute atomic E-state index is 12.6. The molecule has 0 atom stereocenters. The number of hydrogen-bond donors (Lipinski definition) is 0. The van der Waals surface area contributed by atoms with Crippen LogP contribution in [0.5, 0.6) is 0 Å². The van der Waals surface area contributed by atoms with Crippen LogP contribution < -0.4 is 4.90 Å². The summed E-state index contributed by atoms with van der Waals surface area (Å²) < 4.78 is 0.941. The van der Waals surface area contributed by atoms with Crippen molar-refractivity contribution in [1.82, 2.24) is 14.9 Å². The van der Waals surface area contributed by atoms with Crippen molar-refractivity contribution >= 4 is 34.8 Å². The molecule has 0 aliphatic carbocycles. The number of piperazine rings is 1. The summed E-state index contributed by atoms with van der Waals surface area (Å²) in [5.41, 5.74) is 3.33. The van der Waals surface area contributed by atoms with E-state index in [0.29, 0.717) is 5.75 Å². The fourth-order valence-electron chi connectivity index (χ4n) is 3.12. The first-order chi connectivity index (χ1) is 13.7. The van der Waals surface area contributed by atoms with Crippen LogP contribution in [0, 0.1) is 6.92 Å². The van der Waals surface area contributed by atoms with Gasteiger partial charge in [0.1, 0.15) is 5.82 Å². The van der Waals surface area contributed by atoms with Crippen molar-refractivity contribution in [3.05, 3.63) is 59.6 Å². The van der Waals surface area contributed by atoms with Gasteiger partial charge in [0.05, 0.1) is 11.4 Å². The van der Waals surface area contributed by atoms with Crippen LogP contribution >= 0.6 is 23.1 Å². The van der Waals surface area contributed by atoms with Crippen LogP contribution in [0.1, 0.15) is 5.56 Å². The number of aromatic nitrogens is 2. The van der Waals surface area contributed by atoms with Crippen molar-refractivity contribution in [1.29, 1.82) is 0 Å². The van der Waals surface area contributed by atoms with Gasteiger partial charge in [0, 0.05) is 43.3 Å². The standard InChI is InChI=1S/C21H22N4OS2/c1-16-5-7-17(8-6-16)18-14-27-21(23-18)28-15-20(26)25-12-10-24(11-13-25)19-4-2-3-9-22-19/h2-9,14H,10-13,15H2,1H3. The van der Waals surface area contributed by atoms with Crippen molar-refractivity contribution < 1.29 is 4.79 Å². The minimum absolute atomic E-state index is 0.178. The fraction of sp³-hybridized carbons (Fsp3) is 0.286. The fourth-order valence-corrected chi connectivity index (χ4v) is 4.86. The molecule has 0 saturated carbocycles. The molecule has 1 aliphatic rings. The molecular weight excluding hydrogens is 388 g/mol. The molecule has 0 radical (unpaired) electrons. The largest absolute Gasteiger partial charge is 0.353 e. The van der Waals surface area contributed by atoms with Gasteiger partial charge >= 0.3 is 0 Å². The van der Waals surface area contributed by atoms with Crippen LogP contribution in [-0.2, 0) is 4.79 Å². The van der Waals surface area contributed by atoms with E-state index in [1.807, 2.05) is 29.3 Å². The normalized spacial score (nSPS) is 14.3. The average molecular weight is 411 g/mol. The number of pyridine rings is 1. The minimum Gasteiger partial charge on any atom is -0.353 e. The summed E-state index contributed by atoms with van der Waals surface area (Å²) in [4.78, 5) is 25.8. The second kappa shape index (κ2) is 8.75. The van der Waals surface area contributed by atoms with Gasteiger partial charge in [-0.05, 0) is 19.1 Å². The molecule has 0 N–H and O–H groups in total. The van der Waals surface area contributed by atoms with E-state index in [4.69, 9.17) is 0 Å². The molecule has 1 amide bonds. The minimum atomic E-state index is 0.178. The van der Waals surface area contributed by atoms with E-state index in [-0.39, 0.29) is 5.91 Å². The van der Waals surface area contributed by atoms with E-state index in [9.17, 15) is 4.79 Å². The highest BCUT2D eigenvalue weighted by atomic mass is 32.2. The molecule has 0 unspecified atom stereocenters. The van der Waals surface area contributed by atoms with Gasteiger partial charge in [-0.15, -0.1) is 11.3 Å². The Balaban J connectivity index is 1.28. The van der Waals surface area contributed by atoms with Gasteiger partial charge in [-0.2, -0.15) is 0 Å². The number of nitrogens with zero attached hydrogens (tertiary/aromatic N) is 4. The Morgan fingerprint density at radius 1 is 1.11 bits per heavy atom. The third-order valence-electron chi connectivity index (χ3n) is 4.76. The zero-order chi connectivity index (χ0) is 19.3. The Morgan fingerprint density at radius 3 is 2.61 bits per heavy atom. The molecule has 28 heavy (non-hydrogen) atoms. The number of benzene rings is 1. The molecule has 5 nitrogen and oxygen atoms in total. The third kappa shape index (κ3) is 4.54. The molecule has 0 spiro atoms. The molecular formula is C21H22N4OS2. The van der Waals surface area contributed by atoms with Gasteiger partial charge in [-0.1, -0.05) is 47.7 Å². The maximum Gasteiger partial charge on any atom is 0.233 e. The van der Waals surface area contributed by atoms with Crippen molar-refractivity contribution in [3.63, 3.8) is 0 Å². The van der Waals surface area contributed by atoms with Crippen LogP contribution in [0.25, 0.3) is 11.3 Å². The van der Waals surface area contributed by atoms with Gasteiger partial charge in [-0.3, -0.25) is 4.79 Å². The van der Waals surface area contributed by atoms with E-state index in [1.165, 1.54) is 17.3 Å². The predicted molar refractivity (Wildman–Crippen MR) is 116 cm³/mol. The lowest BCUT2D eigenvalue weighted by molar-refractivity contribution is -0.128. The van der Waals surface area contributed by atoms with Gasteiger partial charge in [0.15, 0.2) is 4.34 Å². The number of anilines is 1. The molecule has 4 rings (SSSR count). The summed E-state index contributed by atoms with van der Waals surface area (Å²) in [5.74, 6) is 1.60. The van der Waals surface area contributed by atoms with Gasteiger partial charge in [-0.25, -0.2) is 9.97 Å². The molecule has 144 valence electrons. The molecule has 3 aromatic rings. The maximum atomic E-state index is 12.6. The summed E-state index contributed by atoms with van der Waals surface area (Å²) in [6, 6.07) is 14.3. The van der Waals surface area contributed by atoms with Crippen molar-refractivity contribution in [2.24, 2.45) is 0 Å². The number of rotatable bonds is 5. The Hall–Kier alpha value is -2.38. The molecule has 2 aromatic heterocycles. The van der Waals surface area contributed by atoms with E-state index in [0.717, 1.165) is 47.6 Å². The molecule has 1 aromatic carbocycles. The number of aryl methyl sites for hydroxylation is 1. The van der Waals surface area contributed by atoms with E-state index < -0.39 is 0 Å². The van der Waals surface area contributed by atoms with Gasteiger partial charge < -0.3 is 9.80 Å². The first kappa shape index (κ1) is 19.0. The van der Waals surface area contributed by atoms with E-state index in [2.05, 4.69) is 51.4 Å². The highest BCUT2D eigenvalue weighted by molar-refractivity contribution is 8.01. The summed E-state index contributed by atoms with van der Waals surface area (Å²) in [7, 11) is 0. The van der Waals surface area contributed by atoms with Gasteiger partial charge in [0.2, 0.25) is 5.91 Å². The number of thiazole rings is 1. The van der Waals surface area contributed by atoms with E-state index in [1.54, 1.807) is 11.3 Å². The Bertz CT molecular complexity index is 919.